The zero-order chi connectivity index (χ0) is 24.4. The third-order valence-electron chi connectivity index (χ3n) is 7.37. The molecular formula is C25H33N7O3. The highest BCUT2D eigenvalue weighted by atomic mass is 16.4. The Bertz CT molecular complexity index is 1140. The van der Waals surface area contributed by atoms with E-state index in [9.17, 15) is 9.59 Å². The van der Waals surface area contributed by atoms with Gasteiger partial charge in [0, 0.05) is 43.5 Å². The smallest absolute Gasteiger partial charge is 0.303 e. The molecule has 3 aliphatic heterocycles. The number of aliphatic carboxylic acids is 1. The first-order valence-corrected chi connectivity index (χ1v) is 12.5. The third-order valence-corrected chi connectivity index (χ3v) is 7.37. The Hall–Kier alpha value is -3.40. The second-order valence-electron chi connectivity index (χ2n) is 9.77. The molecule has 2 fully saturated rings. The predicted octanol–water partition coefficient (Wildman–Crippen LogP) is 2.90. The molecule has 0 bridgehead atoms. The Kier molecular flexibility index (Phi) is 6.72. The molecule has 4 N–H and O–H groups in total. The molecule has 0 aliphatic carbocycles. The molecule has 4 heterocycles. The molecule has 2 aromatic rings. The highest BCUT2D eigenvalue weighted by molar-refractivity contribution is 6.12. The predicted molar refractivity (Wildman–Crippen MR) is 136 cm³/mol. The number of piperidine rings is 2. The van der Waals surface area contributed by atoms with Crippen LogP contribution in [0.3, 0.4) is 0 Å². The summed E-state index contributed by atoms with van der Waals surface area (Å²) < 4.78 is 0. The van der Waals surface area contributed by atoms with Crippen molar-refractivity contribution in [2.75, 3.05) is 35.2 Å². The maximum absolute atomic E-state index is 12.6. The van der Waals surface area contributed by atoms with Gasteiger partial charge < -0.3 is 20.6 Å². The molecule has 0 saturated carbocycles. The Morgan fingerprint density at radius 3 is 2.63 bits per heavy atom. The lowest BCUT2D eigenvalue weighted by atomic mass is 9.93. The van der Waals surface area contributed by atoms with E-state index in [4.69, 9.17) is 10.1 Å². The van der Waals surface area contributed by atoms with Gasteiger partial charge in [-0.2, -0.15) is 5.10 Å². The van der Waals surface area contributed by atoms with Gasteiger partial charge >= 0.3 is 5.97 Å². The number of benzene rings is 1. The third kappa shape index (κ3) is 5.17. The lowest BCUT2D eigenvalue weighted by Gasteiger charge is -2.40. The van der Waals surface area contributed by atoms with Crippen LogP contribution in [-0.2, 0) is 4.79 Å². The Balaban J connectivity index is 1.32. The monoisotopic (exact) mass is 479 g/mol. The van der Waals surface area contributed by atoms with Crippen molar-refractivity contribution < 1.29 is 9.90 Å². The highest BCUT2D eigenvalue weighted by Gasteiger charge is 2.31. The molecule has 35 heavy (non-hydrogen) atoms. The second kappa shape index (κ2) is 10.1. The van der Waals surface area contributed by atoms with E-state index in [1.54, 1.807) is 6.20 Å². The minimum Gasteiger partial charge on any atom is -0.481 e. The minimum absolute atomic E-state index is 0.251. The van der Waals surface area contributed by atoms with Crippen LogP contribution in [0.5, 0.6) is 0 Å². The van der Waals surface area contributed by atoms with Crippen molar-refractivity contribution in [3.63, 3.8) is 0 Å². The average molecular weight is 480 g/mol. The number of aliphatic imine (C=N–C) groups is 1. The largest absolute Gasteiger partial charge is 0.481 e. The number of hydrogen-bond donors (Lipinski definition) is 4. The van der Waals surface area contributed by atoms with E-state index in [0.29, 0.717) is 23.1 Å². The van der Waals surface area contributed by atoms with Crippen LogP contribution in [0.15, 0.2) is 40.2 Å². The summed E-state index contributed by atoms with van der Waals surface area (Å²) in [7, 11) is 0. The number of aromatic nitrogens is 2. The van der Waals surface area contributed by atoms with Crippen molar-refractivity contribution in [1.29, 1.82) is 0 Å². The number of nitrogens with zero attached hydrogens (tertiary/aromatic N) is 4. The summed E-state index contributed by atoms with van der Waals surface area (Å²) in [6, 6.07) is 8.52. The van der Waals surface area contributed by atoms with Gasteiger partial charge in [-0.1, -0.05) is 6.42 Å². The number of likely N-dealkylation sites (tertiary alicyclic amines) is 1. The van der Waals surface area contributed by atoms with Gasteiger partial charge in [0.25, 0.3) is 5.56 Å². The van der Waals surface area contributed by atoms with E-state index >= 15 is 0 Å². The van der Waals surface area contributed by atoms with Crippen LogP contribution in [0.2, 0.25) is 0 Å². The number of carboxylic acid groups (broad SMARTS) is 1. The highest BCUT2D eigenvalue weighted by Crippen LogP contribution is 2.28. The fraction of sp³-hybridized carbons (Fsp3) is 0.520. The summed E-state index contributed by atoms with van der Waals surface area (Å²) in [5.41, 5.74) is 2.81. The normalized spacial score (nSPS) is 23.2. The van der Waals surface area contributed by atoms with Crippen molar-refractivity contribution in [2.45, 2.75) is 57.8 Å². The lowest BCUT2D eigenvalue weighted by Crippen LogP contribution is -2.50. The number of carbonyl (C=O) groups is 1. The first-order chi connectivity index (χ1) is 17.0. The molecule has 1 aromatic heterocycles. The van der Waals surface area contributed by atoms with Crippen LogP contribution in [0.25, 0.3) is 0 Å². The zero-order valence-electron chi connectivity index (χ0n) is 20.0. The summed E-state index contributed by atoms with van der Waals surface area (Å²) in [6.07, 6.45) is 6.91. The number of aromatic amines is 1. The first kappa shape index (κ1) is 23.3. The van der Waals surface area contributed by atoms with Gasteiger partial charge in [-0.25, -0.2) is 10.1 Å². The molecule has 5 rings (SSSR count). The molecule has 2 saturated heterocycles. The number of anilines is 3. The molecule has 0 amide bonds. The lowest BCUT2D eigenvalue weighted by molar-refractivity contribution is -0.138. The van der Waals surface area contributed by atoms with E-state index in [1.807, 2.05) is 12.1 Å². The van der Waals surface area contributed by atoms with Gasteiger partial charge in [0.2, 0.25) is 0 Å². The van der Waals surface area contributed by atoms with Crippen molar-refractivity contribution in [2.24, 2.45) is 10.9 Å². The number of rotatable bonds is 5. The fourth-order valence-electron chi connectivity index (χ4n) is 5.37. The summed E-state index contributed by atoms with van der Waals surface area (Å²) in [6.45, 7) is 4.89. The number of amidine groups is 1. The van der Waals surface area contributed by atoms with Crippen LogP contribution >= 0.6 is 0 Å². The molecule has 1 aromatic carbocycles. The molecule has 2 atom stereocenters. The van der Waals surface area contributed by atoms with Crippen LogP contribution in [0.4, 0.5) is 17.1 Å². The topological polar surface area (TPSA) is 126 Å². The van der Waals surface area contributed by atoms with E-state index in [2.05, 4.69) is 49.7 Å². The summed E-state index contributed by atoms with van der Waals surface area (Å²) in [5.74, 6) is 0.0751. The van der Waals surface area contributed by atoms with Crippen LogP contribution < -0.4 is 21.1 Å². The van der Waals surface area contributed by atoms with E-state index in [0.717, 1.165) is 56.7 Å². The van der Waals surface area contributed by atoms with Crippen LogP contribution in [0, 0.1) is 5.92 Å². The number of nitrogens with one attached hydrogen (secondary N) is 3. The summed E-state index contributed by atoms with van der Waals surface area (Å²) >= 11 is 0. The first-order valence-electron chi connectivity index (χ1n) is 12.5. The molecule has 10 heteroatoms. The van der Waals surface area contributed by atoms with E-state index < -0.39 is 5.97 Å². The number of carboxylic acids is 1. The summed E-state index contributed by atoms with van der Waals surface area (Å²) in [4.78, 5) is 33.2. The van der Waals surface area contributed by atoms with Gasteiger partial charge in [0.1, 0.15) is 11.4 Å². The standard InChI is InChI=1S/C25H33N7O3/c1-16-4-2-3-11-32(16)25-28-20-15-26-30-24(35)22(20)23(29-25)27-18-5-7-19(8-6-18)31-12-9-17(10-13-31)14-21(33)34/h5-8,15-17,25,28H,2-4,9-14H2,1H3,(H,27,29)(H,30,35)(H,33,34). The second-order valence-corrected chi connectivity index (χ2v) is 9.77. The Labute approximate surface area is 204 Å². The maximum atomic E-state index is 12.6. The molecular weight excluding hydrogens is 446 g/mol. The molecule has 10 nitrogen and oxygen atoms in total. The van der Waals surface area contributed by atoms with E-state index in [-0.39, 0.29) is 24.2 Å². The van der Waals surface area contributed by atoms with Crippen LogP contribution in [0.1, 0.15) is 51.0 Å². The summed E-state index contributed by atoms with van der Waals surface area (Å²) in [5, 5.41) is 22.3. The molecule has 0 spiro atoms. The average Bonchev–Trinajstić information content (AvgIpc) is 2.85. The van der Waals surface area contributed by atoms with Crippen molar-refractivity contribution in [3.05, 3.63) is 46.4 Å². The molecule has 186 valence electrons. The number of hydrogen-bond acceptors (Lipinski definition) is 8. The van der Waals surface area contributed by atoms with Crippen molar-refractivity contribution in [3.8, 4) is 0 Å². The van der Waals surface area contributed by atoms with E-state index in [1.165, 1.54) is 6.42 Å². The molecule has 0 radical (unpaired) electrons. The SMILES string of the molecule is CC1CCCCN1C1N=C(Nc2ccc(N3CCC(CC(=O)O)CC3)cc2)c2c(cn[nH]c2=O)N1. The van der Waals surface area contributed by atoms with Crippen molar-refractivity contribution >= 4 is 28.9 Å². The minimum atomic E-state index is -0.715. The van der Waals surface area contributed by atoms with Gasteiger partial charge in [-0.15, -0.1) is 0 Å². The van der Waals surface area contributed by atoms with Gasteiger partial charge in [-0.05, 0) is 62.8 Å². The van der Waals surface area contributed by atoms with Gasteiger partial charge in [0.05, 0.1) is 11.9 Å². The zero-order valence-corrected chi connectivity index (χ0v) is 20.0. The quantitative estimate of drug-likeness (QED) is 0.516. The molecule has 2 unspecified atom stereocenters. The Morgan fingerprint density at radius 2 is 1.91 bits per heavy atom. The van der Waals surface area contributed by atoms with Gasteiger partial charge in [-0.3, -0.25) is 14.5 Å². The maximum Gasteiger partial charge on any atom is 0.303 e. The van der Waals surface area contributed by atoms with Gasteiger partial charge in [0.15, 0.2) is 6.29 Å². The number of H-pyrrole nitrogens is 1. The molecule has 3 aliphatic rings. The fourth-order valence-corrected chi connectivity index (χ4v) is 5.37. The Morgan fingerprint density at radius 1 is 1.14 bits per heavy atom. The number of fused-ring (bicyclic) bond motifs is 1. The van der Waals surface area contributed by atoms with Crippen molar-refractivity contribution in [1.82, 2.24) is 15.1 Å². The van der Waals surface area contributed by atoms with Crippen LogP contribution in [-0.4, -0.2) is 64.0 Å².